The Morgan fingerprint density at radius 1 is 1.17 bits per heavy atom. The number of hydrogen-bond acceptors (Lipinski definition) is 4. The summed E-state index contributed by atoms with van der Waals surface area (Å²) in [6.07, 6.45) is 1.50. The SMILES string of the molecule is Cc1ccc(CNC(=O)C2CCN(c3nc(-c4ccc(F)cc4)cs3)CC2)cc1F. The molecule has 1 aromatic heterocycles. The highest BCUT2D eigenvalue weighted by Crippen LogP contribution is 2.30. The third kappa shape index (κ3) is 4.67. The Bertz CT molecular complexity index is 1030. The minimum absolute atomic E-state index is 0.0155. The van der Waals surface area contributed by atoms with Gasteiger partial charge in [-0.2, -0.15) is 0 Å². The van der Waals surface area contributed by atoms with Crippen molar-refractivity contribution in [3.05, 3.63) is 70.6 Å². The first-order valence-electron chi connectivity index (χ1n) is 9.99. The first kappa shape index (κ1) is 20.5. The van der Waals surface area contributed by atoms with E-state index < -0.39 is 0 Å². The molecule has 1 aliphatic rings. The van der Waals surface area contributed by atoms with E-state index in [9.17, 15) is 13.6 Å². The van der Waals surface area contributed by atoms with Crippen molar-refractivity contribution in [2.24, 2.45) is 5.92 Å². The molecule has 0 unspecified atom stereocenters. The van der Waals surface area contributed by atoms with Gasteiger partial charge in [0.25, 0.3) is 0 Å². The normalized spacial score (nSPS) is 14.7. The molecule has 2 heterocycles. The molecule has 0 spiro atoms. The minimum Gasteiger partial charge on any atom is -0.352 e. The molecule has 1 saturated heterocycles. The molecule has 1 aliphatic heterocycles. The summed E-state index contributed by atoms with van der Waals surface area (Å²) in [6.45, 7) is 3.57. The number of hydrogen-bond donors (Lipinski definition) is 1. The van der Waals surface area contributed by atoms with Crippen LogP contribution in [0.5, 0.6) is 0 Å². The van der Waals surface area contributed by atoms with Gasteiger partial charge >= 0.3 is 0 Å². The highest BCUT2D eigenvalue weighted by atomic mass is 32.1. The maximum atomic E-state index is 13.7. The van der Waals surface area contributed by atoms with Crippen molar-refractivity contribution < 1.29 is 13.6 Å². The molecule has 2 aromatic carbocycles. The fourth-order valence-electron chi connectivity index (χ4n) is 3.58. The first-order chi connectivity index (χ1) is 14.5. The Morgan fingerprint density at radius 3 is 2.60 bits per heavy atom. The molecule has 4 nitrogen and oxygen atoms in total. The van der Waals surface area contributed by atoms with Crippen LogP contribution in [0.15, 0.2) is 47.8 Å². The Labute approximate surface area is 178 Å². The lowest BCUT2D eigenvalue weighted by Crippen LogP contribution is -2.40. The molecule has 4 rings (SSSR count). The highest BCUT2D eigenvalue weighted by molar-refractivity contribution is 7.14. The summed E-state index contributed by atoms with van der Waals surface area (Å²) in [6, 6.07) is 11.4. The van der Waals surface area contributed by atoms with Crippen LogP contribution in [-0.2, 0) is 11.3 Å². The van der Waals surface area contributed by atoms with E-state index in [0.29, 0.717) is 12.1 Å². The Morgan fingerprint density at radius 2 is 1.90 bits per heavy atom. The van der Waals surface area contributed by atoms with E-state index >= 15 is 0 Å². The number of anilines is 1. The van der Waals surface area contributed by atoms with Crippen LogP contribution in [0.2, 0.25) is 0 Å². The van der Waals surface area contributed by atoms with Crippen molar-refractivity contribution in [3.8, 4) is 11.3 Å². The molecule has 1 fully saturated rings. The first-order valence-corrected chi connectivity index (χ1v) is 10.9. The average molecular weight is 428 g/mol. The van der Waals surface area contributed by atoms with Gasteiger partial charge in [-0.15, -0.1) is 11.3 Å². The van der Waals surface area contributed by atoms with Gasteiger partial charge in [-0.3, -0.25) is 4.79 Å². The lowest BCUT2D eigenvalue weighted by Gasteiger charge is -2.31. The number of carbonyl (C=O) groups is 1. The fraction of sp³-hybridized carbons (Fsp3) is 0.304. The number of aromatic nitrogens is 1. The second-order valence-electron chi connectivity index (χ2n) is 7.58. The number of halogens is 2. The molecule has 1 N–H and O–H groups in total. The number of piperidine rings is 1. The Hall–Kier alpha value is -2.80. The monoisotopic (exact) mass is 427 g/mol. The van der Waals surface area contributed by atoms with Gasteiger partial charge in [0.05, 0.1) is 5.69 Å². The number of aryl methyl sites for hydroxylation is 1. The van der Waals surface area contributed by atoms with Crippen LogP contribution >= 0.6 is 11.3 Å². The average Bonchev–Trinajstić information content (AvgIpc) is 3.25. The second kappa shape index (κ2) is 8.92. The fourth-order valence-corrected chi connectivity index (χ4v) is 4.46. The van der Waals surface area contributed by atoms with Gasteiger partial charge in [-0.25, -0.2) is 13.8 Å². The van der Waals surface area contributed by atoms with Crippen LogP contribution in [-0.4, -0.2) is 24.0 Å². The summed E-state index contributed by atoms with van der Waals surface area (Å²) in [5.74, 6) is -0.546. The van der Waals surface area contributed by atoms with Crippen molar-refractivity contribution in [3.63, 3.8) is 0 Å². The molecule has 0 aliphatic carbocycles. The Balaban J connectivity index is 1.29. The zero-order valence-electron chi connectivity index (χ0n) is 16.7. The number of nitrogens with one attached hydrogen (secondary N) is 1. The van der Waals surface area contributed by atoms with Gasteiger partial charge in [0.1, 0.15) is 11.6 Å². The number of carbonyl (C=O) groups excluding carboxylic acids is 1. The highest BCUT2D eigenvalue weighted by Gasteiger charge is 2.26. The third-order valence-corrected chi connectivity index (χ3v) is 6.37. The minimum atomic E-state index is -0.262. The standard InChI is InChI=1S/C23H23F2N3OS/c1-15-2-3-16(12-20(15)25)13-26-22(29)18-8-10-28(11-9-18)23-27-21(14-30-23)17-4-6-19(24)7-5-17/h2-7,12,14,18H,8-11,13H2,1H3,(H,26,29). The van der Waals surface area contributed by atoms with Crippen LogP contribution < -0.4 is 10.2 Å². The lowest BCUT2D eigenvalue weighted by molar-refractivity contribution is -0.125. The molecular formula is C23H23F2N3OS. The number of rotatable bonds is 5. The van der Waals surface area contributed by atoms with Gasteiger partial charge in [0, 0.05) is 36.5 Å². The van der Waals surface area contributed by atoms with Crippen LogP contribution in [0.1, 0.15) is 24.0 Å². The number of amides is 1. The van der Waals surface area contributed by atoms with Crippen molar-refractivity contribution in [1.82, 2.24) is 10.3 Å². The molecule has 156 valence electrons. The van der Waals surface area contributed by atoms with Crippen molar-refractivity contribution in [2.75, 3.05) is 18.0 Å². The van der Waals surface area contributed by atoms with E-state index in [2.05, 4.69) is 15.2 Å². The van der Waals surface area contributed by atoms with Crippen LogP contribution in [0.25, 0.3) is 11.3 Å². The zero-order chi connectivity index (χ0) is 21.1. The molecule has 7 heteroatoms. The molecule has 0 radical (unpaired) electrons. The quantitative estimate of drug-likeness (QED) is 0.628. The maximum Gasteiger partial charge on any atom is 0.223 e. The topological polar surface area (TPSA) is 45.2 Å². The number of benzene rings is 2. The molecule has 0 saturated carbocycles. The van der Waals surface area contributed by atoms with Gasteiger partial charge in [-0.05, 0) is 61.2 Å². The van der Waals surface area contributed by atoms with Gasteiger partial charge < -0.3 is 10.2 Å². The largest absolute Gasteiger partial charge is 0.352 e. The van der Waals surface area contributed by atoms with Gasteiger partial charge in [0.2, 0.25) is 5.91 Å². The van der Waals surface area contributed by atoms with E-state index in [1.54, 1.807) is 36.5 Å². The number of nitrogens with zero attached hydrogens (tertiary/aromatic N) is 2. The van der Waals surface area contributed by atoms with Crippen LogP contribution in [0.3, 0.4) is 0 Å². The van der Waals surface area contributed by atoms with E-state index in [0.717, 1.165) is 47.9 Å². The molecule has 1 amide bonds. The predicted molar refractivity (Wildman–Crippen MR) is 115 cm³/mol. The zero-order valence-corrected chi connectivity index (χ0v) is 17.5. The van der Waals surface area contributed by atoms with Crippen LogP contribution in [0, 0.1) is 24.5 Å². The van der Waals surface area contributed by atoms with Crippen molar-refractivity contribution in [2.45, 2.75) is 26.3 Å². The van der Waals surface area contributed by atoms with Crippen molar-refractivity contribution in [1.29, 1.82) is 0 Å². The van der Waals surface area contributed by atoms with Crippen LogP contribution in [0.4, 0.5) is 13.9 Å². The van der Waals surface area contributed by atoms with Gasteiger partial charge in [-0.1, -0.05) is 12.1 Å². The van der Waals surface area contributed by atoms with E-state index in [1.807, 2.05) is 11.4 Å². The molecule has 0 atom stereocenters. The summed E-state index contributed by atoms with van der Waals surface area (Å²) < 4.78 is 26.8. The lowest BCUT2D eigenvalue weighted by atomic mass is 9.96. The number of thiazole rings is 1. The second-order valence-corrected chi connectivity index (χ2v) is 8.42. The molecule has 30 heavy (non-hydrogen) atoms. The molecular weight excluding hydrogens is 404 g/mol. The summed E-state index contributed by atoms with van der Waals surface area (Å²) in [5.41, 5.74) is 3.09. The Kier molecular flexibility index (Phi) is 6.08. The third-order valence-electron chi connectivity index (χ3n) is 5.47. The van der Waals surface area contributed by atoms with Gasteiger partial charge in [0.15, 0.2) is 5.13 Å². The van der Waals surface area contributed by atoms with E-state index in [-0.39, 0.29) is 23.5 Å². The smallest absolute Gasteiger partial charge is 0.223 e. The van der Waals surface area contributed by atoms with E-state index in [4.69, 9.17) is 0 Å². The summed E-state index contributed by atoms with van der Waals surface area (Å²) in [5, 5.41) is 5.83. The molecule has 0 bridgehead atoms. The predicted octanol–water partition coefficient (Wildman–Crippen LogP) is 4.93. The van der Waals surface area contributed by atoms with E-state index in [1.165, 1.54) is 18.2 Å². The summed E-state index contributed by atoms with van der Waals surface area (Å²) >= 11 is 1.56. The van der Waals surface area contributed by atoms with Crippen molar-refractivity contribution >= 4 is 22.4 Å². The maximum absolute atomic E-state index is 13.7. The summed E-state index contributed by atoms with van der Waals surface area (Å²) in [4.78, 5) is 19.4. The summed E-state index contributed by atoms with van der Waals surface area (Å²) in [7, 11) is 0. The molecule has 3 aromatic rings.